The molecule has 0 saturated carbocycles. The van der Waals surface area contributed by atoms with Gasteiger partial charge in [-0.3, -0.25) is 0 Å². The van der Waals surface area contributed by atoms with E-state index in [2.05, 4.69) is 4.99 Å². The first-order valence-corrected chi connectivity index (χ1v) is 5.85. The maximum Gasteiger partial charge on any atom is 0.434 e. The molecule has 1 aromatic heterocycles. The maximum absolute atomic E-state index is 10.8. The SMILES string of the molecule is Cc1c(C)n(C(C)C)c(=NC(=O)O)n1C(C)C. The van der Waals surface area contributed by atoms with Crippen LogP contribution >= 0.6 is 0 Å². The van der Waals surface area contributed by atoms with Crippen LogP contribution in [-0.4, -0.2) is 20.3 Å². The van der Waals surface area contributed by atoms with Crippen LogP contribution in [0.1, 0.15) is 51.2 Å². The summed E-state index contributed by atoms with van der Waals surface area (Å²) in [5.41, 5.74) is 2.64. The second kappa shape index (κ2) is 4.77. The van der Waals surface area contributed by atoms with Crippen LogP contribution in [0.5, 0.6) is 0 Å². The third kappa shape index (κ3) is 2.43. The minimum atomic E-state index is -1.15. The molecule has 1 aromatic rings. The number of carboxylic acid groups (broad SMARTS) is 1. The Bertz CT molecular complexity index is 458. The summed E-state index contributed by atoms with van der Waals surface area (Å²) in [6.07, 6.45) is -1.15. The van der Waals surface area contributed by atoms with Gasteiger partial charge in [0.25, 0.3) is 0 Å². The molecule has 1 heterocycles. The number of carbonyl (C=O) groups is 1. The number of hydrogen-bond acceptors (Lipinski definition) is 1. The van der Waals surface area contributed by atoms with Crippen LogP contribution in [0.25, 0.3) is 0 Å². The minimum Gasteiger partial charge on any atom is -0.463 e. The van der Waals surface area contributed by atoms with Crippen molar-refractivity contribution in [1.29, 1.82) is 0 Å². The molecular weight excluding hydrogens is 218 g/mol. The molecule has 1 rings (SSSR count). The molecule has 0 aromatic carbocycles. The van der Waals surface area contributed by atoms with Gasteiger partial charge in [-0.05, 0) is 41.5 Å². The summed E-state index contributed by atoms with van der Waals surface area (Å²) in [6, 6.07) is 0.374. The van der Waals surface area contributed by atoms with Crippen LogP contribution in [0.3, 0.4) is 0 Å². The normalized spacial score (nSPS) is 11.3. The standard InChI is InChI=1S/C12H21N3O2/c1-7(2)14-9(5)10(6)15(8(3)4)11(14)13-12(16)17/h7-8H,1-6H3,(H,16,17). The predicted molar refractivity (Wildman–Crippen MR) is 66.3 cm³/mol. The first kappa shape index (κ1) is 13.5. The molecule has 17 heavy (non-hydrogen) atoms. The van der Waals surface area contributed by atoms with Crippen LogP contribution in [0.2, 0.25) is 0 Å². The highest BCUT2D eigenvalue weighted by Gasteiger charge is 2.16. The van der Waals surface area contributed by atoms with Crippen LogP contribution in [0.4, 0.5) is 4.79 Å². The Balaban J connectivity index is 3.73. The average molecular weight is 239 g/mol. The Morgan fingerprint density at radius 3 is 1.65 bits per heavy atom. The largest absolute Gasteiger partial charge is 0.463 e. The Labute approximate surface area is 101 Å². The molecule has 0 unspecified atom stereocenters. The van der Waals surface area contributed by atoms with E-state index in [1.165, 1.54) is 0 Å². The molecular formula is C12H21N3O2. The lowest BCUT2D eigenvalue weighted by atomic mass is 10.3. The topological polar surface area (TPSA) is 59.5 Å². The average Bonchev–Trinajstić information content (AvgIpc) is 2.37. The summed E-state index contributed by atoms with van der Waals surface area (Å²) < 4.78 is 3.92. The zero-order valence-electron chi connectivity index (χ0n) is 11.4. The molecule has 1 amide bonds. The number of nitrogens with zero attached hydrogens (tertiary/aromatic N) is 3. The lowest BCUT2D eigenvalue weighted by Gasteiger charge is -2.11. The van der Waals surface area contributed by atoms with Crippen molar-refractivity contribution in [3.8, 4) is 0 Å². The summed E-state index contributed by atoms with van der Waals surface area (Å²) in [7, 11) is 0. The number of hydrogen-bond donors (Lipinski definition) is 1. The van der Waals surface area contributed by atoms with Crippen molar-refractivity contribution in [2.24, 2.45) is 4.99 Å². The van der Waals surface area contributed by atoms with E-state index >= 15 is 0 Å². The Morgan fingerprint density at radius 2 is 1.41 bits per heavy atom. The first-order chi connectivity index (χ1) is 7.77. The molecule has 0 bridgehead atoms. The van der Waals surface area contributed by atoms with E-state index in [4.69, 9.17) is 5.11 Å². The van der Waals surface area contributed by atoms with Gasteiger partial charge >= 0.3 is 6.09 Å². The molecule has 0 aliphatic rings. The van der Waals surface area contributed by atoms with E-state index in [1.54, 1.807) is 0 Å². The van der Waals surface area contributed by atoms with Crippen molar-refractivity contribution < 1.29 is 9.90 Å². The quantitative estimate of drug-likeness (QED) is 0.862. The number of imidazole rings is 1. The molecule has 1 N–H and O–H groups in total. The summed E-state index contributed by atoms with van der Waals surface area (Å²) >= 11 is 0. The summed E-state index contributed by atoms with van der Waals surface area (Å²) in [6.45, 7) is 12.1. The van der Waals surface area contributed by atoms with Gasteiger partial charge in [0, 0.05) is 23.5 Å². The first-order valence-electron chi connectivity index (χ1n) is 5.85. The molecule has 0 saturated heterocycles. The summed E-state index contributed by atoms with van der Waals surface area (Å²) in [5.74, 6) is 0. The third-order valence-electron chi connectivity index (χ3n) is 2.91. The number of aromatic nitrogens is 2. The molecule has 0 fully saturated rings. The van der Waals surface area contributed by atoms with Crippen LogP contribution in [0, 0.1) is 13.8 Å². The van der Waals surface area contributed by atoms with Gasteiger partial charge in [0.2, 0.25) is 5.62 Å². The molecule has 96 valence electrons. The van der Waals surface area contributed by atoms with E-state index in [-0.39, 0.29) is 12.1 Å². The van der Waals surface area contributed by atoms with Gasteiger partial charge in [-0.1, -0.05) is 0 Å². The van der Waals surface area contributed by atoms with Gasteiger partial charge in [-0.25, -0.2) is 4.79 Å². The summed E-state index contributed by atoms with van der Waals surface area (Å²) in [4.78, 5) is 14.6. The highest BCUT2D eigenvalue weighted by molar-refractivity contribution is 5.65. The highest BCUT2D eigenvalue weighted by Crippen LogP contribution is 2.15. The van der Waals surface area contributed by atoms with Gasteiger partial charge in [-0.15, -0.1) is 4.99 Å². The Kier molecular flexibility index (Phi) is 3.80. The summed E-state index contributed by atoms with van der Waals surface area (Å²) in [5, 5.41) is 8.89. The molecule has 0 radical (unpaired) electrons. The van der Waals surface area contributed by atoms with Crippen molar-refractivity contribution in [3.63, 3.8) is 0 Å². The van der Waals surface area contributed by atoms with Gasteiger partial charge in [0.1, 0.15) is 0 Å². The monoisotopic (exact) mass is 239 g/mol. The zero-order chi connectivity index (χ0) is 13.3. The third-order valence-corrected chi connectivity index (χ3v) is 2.91. The fraction of sp³-hybridized carbons (Fsp3) is 0.667. The molecule has 0 atom stereocenters. The van der Waals surface area contributed by atoms with Gasteiger partial charge in [0.15, 0.2) is 0 Å². The number of amides is 1. The van der Waals surface area contributed by atoms with Crippen molar-refractivity contribution in [1.82, 2.24) is 9.13 Å². The van der Waals surface area contributed by atoms with Crippen LogP contribution in [0.15, 0.2) is 4.99 Å². The minimum absolute atomic E-state index is 0.187. The Hall–Kier alpha value is -1.52. The van der Waals surface area contributed by atoms with Gasteiger partial charge in [0.05, 0.1) is 0 Å². The molecule has 5 nitrogen and oxygen atoms in total. The smallest absolute Gasteiger partial charge is 0.434 e. The molecule has 0 aliphatic heterocycles. The zero-order valence-corrected chi connectivity index (χ0v) is 11.4. The van der Waals surface area contributed by atoms with Crippen molar-refractivity contribution in [2.75, 3.05) is 0 Å². The van der Waals surface area contributed by atoms with Crippen LogP contribution in [-0.2, 0) is 0 Å². The van der Waals surface area contributed by atoms with E-state index in [9.17, 15) is 4.79 Å². The fourth-order valence-corrected chi connectivity index (χ4v) is 2.19. The number of rotatable bonds is 2. The van der Waals surface area contributed by atoms with Crippen molar-refractivity contribution >= 4 is 6.09 Å². The molecule has 0 spiro atoms. The fourth-order valence-electron chi connectivity index (χ4n) is 2.19. The van der Waals surface area contributed by atoms with Gasteiger partial charge < -0.3 is 14.2 Å². The lowest BCUT2D eigenvalue weighted by Crippen LogP contribution is -2.30. The van der Waals surface area contributed by atoms with E-state index in [0.717, 1.165) is 11.4 Å². The van der Waals surface area contributed by atoms with E-state index in [1.807, 2.05) is 50.7 Å². The highest BCUT2D eigenvalue weighted by atomic mass is 16.4. The lowest BCUT2D eigenvalue weighted by molar-refractivity contribution is 0.203. The van der Waals surface area contributed by atoms with Crippen molar-refractivity contribution in [2.45, 2.75) is 53.6 Å². The van der Waals surface area contributed by atoms with Crippen LogP contribution < -0.4 is 5.62 Å². The van der Waals surface area contributed by atoms with Gasteiger partial charge in [-0.2, -0.15) is 0 Å². The predicted octanol–water partition coefficient (Wildman–Crippen LogP) is 2.65. The molecule has 5 heteroatoms. The maximum atomic E-state index is 10.8. The van der Waals surface area contributed by atoms with Crippen molar-refractivity contribution in [3.05, 3.63) is 17.0 Å². The molecule has 0 aliphatic carbocycles. The van der Waals surface area contributed by atoms with E-state index < -0.39 is 6.09 Å². The Morgan fingerprint density at radius 1 is 1.06 bits per heavy atom. The second-order valence-corrected chi connectivity index (χ2v) is 4.79. The van der Waals surface area contributed by atoms with E-state index in [0.29, 0.717) is 5.62 Å². The second-order valence-electron chi connectivity index (χ2n) is 4.79.